The minimum absolute atomic E-state index is 0.131. The third-order valence-corrected chi connectivity index (χ3v) is 3.20. The van der Waals surface area contributed by atoms with Crippen LogP contribution >= 0.6 is 0 Å². The molecule has 0 unspecified atom stereocenters. The molecule has 1 aliphatic heterocycles. The van der Waals surface area contributed by atoms with Crippen molar-refractivity contribution in [3.05, 3.63) is 0 Å². The highest BCUT2D eigenvalue weighted by molar-refractivity contribution is 7.91. The summed E-state index contributed by atoms with van der Waals surface area (Å²) < 4.78 is 21.6. The monoisotopic (exact) mass is 163 g/mol. The molecule has 0 spiro atoms. The van der Waals surface area contributed by atoms with Crippen LogP contribution in [0.5, 0.6) is 0 Å². The van der Waals surface area contributed by atoms with Crippen molar-refractivity contribution in [3.8, 4) is 0 Å². The van der Waals surface area contributed by atoms with Crippen LogP contribution in [0.15, 0.2) is 5.16 Å². The first-order chi connectivity index (χ1) is 4.64. The van der Waals surface area contributed by atoms with Crippen molar-refractivity contribution in [1.29, 1.82) is 0 Å². The minimum atomic E-state index is -2.82. The Morgan fingerprint density at radius 2 is 1.80 bits per heavy atom. The van der Waals surface area contributed by atoms with Gasteiger partial charge < -0.3 is 5.21 Å². The lowest BCUT2D eigenvalue weighted by Crippen LogP contribution is -2.23. The van der Waals surface area contributed by atoms with Crippen LogP contribution in [0.1, 0.15) is 12.8 Å². The zero-order valence-corrected chi connectivity index (χ0v) is 6.26. The van der Waals surface area contributed by atoms with E-state index in [0.717, 1.165) is 0 Å². The third-order valence-electron chi connectivity index (χ3n) is 1.54. The lowest BCUT2D eigenvalue weighted by atomic mass is 10.2. The fourth-order valence-electron chi connectivity index (χ4n) is 0.874. The molecule has 1 heterocycles. The van der Waals surface area contributed by atoms with Crippen molar-refractivity contribution in [2.24, 2.45) is 5.16 Å². The molecule has 0 amide bonds. The fourth-order valence-corrected chi connectivity index (χ4v) is 2.17. The summed E-state index contributed by atoms with van der Waals surface area (Å²) in [6.45, 7) is 0. The normalized spacial score (nSPS) is 24.2. The highest BCUT2D eigenvalue weighted by Gasteiger charge is 2.19. The first-order valence-electron chi connectivity index (χ1n) is 3.04. The predicted molar refractivity (Wildman–Crippen MR) is 37.1 cm³/mol. The summed E-state index contributed by atoms with van der Waals surface area (Å²) in [4.78, 5) is 0. The standard InChI is InChI=1S/C5H9NO3S/c7-6-5-1-3-10(8,9)4-2-5/h7H,1-4H2. The molecule has 0 aromatic carbocycles. The number of nitrogens with zero attached hydrogens (tertiary/aromatic N) is 1. The molecule has 0 radical (unpaired) electrons. The molecule has 0 aliphatic carbocycles. The smallest absolute Gasteiger partial charge is 0.151 e. The molecule has 0 bridgehead atoms. The molecule has 1 rings (SSSR count). The van der Waals surface area contributed by atoms with E-state index >= 15 is 0 Å². The van der Waals surface area contributed by atoms with Gasteiger partial charge in [0, 0.05) is 12.8 Å². The Kier molecular flexibility index (Phi) is 1.94. The van der Waals surface area contributed by atoms with Crippen LogP contribution in [-0.4, -0.2) is 30.8 Å². The summed E-state index contributed by atoms with van der Waals surface area (Å²) in [5, 5.41) is 11.2. The zero-order chi connectivity index (χ0) is 7.61. The quantitative estimate of drug-likeness (QED) is 0.404. The van der Waals surface area contributed by atoms with Gasteiger partial charge in [0.2, 0.25) is 0 Å². The van der Waals surface area contributed by atoms with E-state index in [9.17, 15) is 8.42 Å². The molecule has 5 heteroatoms. The van der Waals surface area contributed by atoms with Gasteiger partial charge in [-0.3, -0.25) is 0 Å². The summed E-state index contributed by atoms with van der Waals surface area (Å²) in [6.07, 6.45) is 0.775. The predicted octanol–water partition coefficient (Wildman–Crippen LogP) is 0.0252. The van der Waals surface area contributed by atoms with Crippen molar-refractivity contribution in [2.45, 2.75) is 12.8 Å². The van der Waals surface area contributed by atoms with Gasteiger partial charge in [-0.05, 0) is 0 Å². The first kappa shape index (κ1) is 7.53. The second-order valence-corrected chi connectivity index (χ2v) is 4.62. The number of hydrogen-bond acceptors (Lipinski definition) is 4. The number of rotatable bonds is 0. The van der Waals surface area contributed by atoms with Crippen molar-refractivity contribution < 1.29 is 13.6 Å². The highest BCUT2D eigenvalue weighted by Crippen LogP contribution is 2.08. The van der Waals surface area contributed by atoms with E-state index in [4.69, 9.17) is 5.21 Å². The van der Waals surface area contributed by atoms with Crippen molar-refractivity contribution >= 4 is 15.5 Å². The van der Waals surface area contributed by atoms with Crippen molar-refractivity contribution in [1.82, 2.24) is 0 Å². The molecule has 58 valence electrons. The summed E-state index contributed by atoms with van der Waals surface area (Å²) in [7, 11) is -2.82. The van der Waals surface area contributed by atoms with E-state index in [1.807, 2.05) is 0 Å². The van der Waals surface area contributed by atoms with Gasteiger partial charge in [0.05, 0.1) is 17.2 Å². The zero-order valence-electron chi connectivity index (χ0n) is 5.45. The van der Waals surface area contributed by atoms with Gasteiger partial charge in [0.1, 0.15) is 0 Å². The first-order valence-corrected chi connectivity index (χ1v) is 4.86. The SMILES string of the molecule is O=S1(=O)CCC(=NO)CC1. The molecule has 0 saturated carbocycles. The van der Waals surface area contributed by atoms with Gasteiger partial charge in [-0.2, -0.15) is 0 Å². The van der Waals surface area contributed by atoms with Crippen LogP contribution in [0.4, 0.5) is 0 Å². The lowest BCUT2D eigenvalue weighted by Gasteiger charge is -2.10. The van der Waals surface area contributed by atoms with Gasteiger partial charge >= 0.3 is 0 Å². The van der Waals surface area contributed by atoms with E-state index in [0.29, 0.717) is 18.6 Å². The van der Waals surface area contributed by atoms with Crippen molar-refractivity contribution in [3.63, 3.8) is 0 Å². The summed E-state index contributed by atoms with van der Waals surface area (Å²) >= 11 is 0. The van der Waals surface area contributed by atoms with Gasteiger partial charge in [0.15, 0.2) is 9.84 Å². The third kappa shape index (κ3) is 1.70. The topological polar surface area (TPSA) is 66.7 Å². The van der Waals surface area contributed by atoms with E-state index in [1.54, 1.807) is 0 Å². The molecule has 1 aliphatic rings. The molecule has 1 N–H and O–H groups in total. The maximum absolute atomic E-state index is 10.8. The Balaban J connectivity index is 2.63. The second kappa shape index (κ2) is 2.57. The summed E-state index contributed by atoms with van der Waals surface area (Å²) in [6, 6.07) is 0. The summed E-state index contributed by atoms with van der Waals surface area (Å²) in [5.74, 6) is 0.263. The molecule has 1 saturated heterocycles. The van der Waals surface area contributed by atoms with E-state index in [1.165, 1.54) is 0 Å². The molecular formula is C5H9NO3S. The van der Waals surface area contributed by atoms with Crippen LogP contribution in [0.3, 0.4) is 0 Å². The highest BCUT2D eigenvalue weighted by atomic mass is 32.2. The maximum atomic E-state index is 10.8. The number of hydrogen-bond donors (Lipinski definition) is 1. The Morgan fingerprint density at radius 3 is 2.20 bits per heavy atom. The Hall–Kier alpha value is -0.580. The summed E-state index contributed by atoms with van der Waals surface area (Å²) in [5.41, 5.74) is 0.592. The fraction of sp³-hybridized carbons (Fsp3) is 0.800. The second-order valence-electron chi connectivity index (χ2n) is 2.32. The molecular weight excluding hydrogens is 154 g/mol. The molecule has 4 nitrogen and oxygen atoms in total. The minimum Gasteiger partial charge on any atom is -0.411 e. The molecule has 0 aromatic heterocycles. The molecule has 10 heavy (non-hydrogen) atoms. The van der Waals surface area contributed by atoms with Gasteiger partial charge in [-0.25, -0.2) is 8.42 Å². The maximum Gasteiger partial charge on any atom is 0.151 e. The van der Waals surface area contributed by atoms with Crippen LogP contribution in [0.25, 0.3) is 0 Å². The van der Waals surface area contributed by atoms with Crippen LogP contribution in [0, 0.1) is 0 Å². The average molecular weight is 163 g/mol. The van der Waals surface area contributed by atoms with E-state index in [-0.39, 0.29) is 11.5 Å². The average Bonchev–Trinajstić information content (AvgIpc) is 1.88. The largest absolute Gasteiger partial charge is 0.411 e. The van der Waals surface area contributed by atoms with E-state index < -0.39 is 9.84 Å². The Bertz CT molecular complexity index is 226. The molecule has 0 aromatic rings. The van der Waals surface area contributed by atoms with E-state index in [2.05, 4.69) is 5.16 Å². The van der Waals surface area contributed by atoms with Gasteiger partial charge in [-0.1, -0.05) is 5.16 Å². The van der Waals surface area contributed by atoms with Crippen LogP contribution in [-0.2, 0) is 9.84 Å². The number of oxime groups is 1. The van der Waals surface area contributed by atoms with Crippen LogP contribution < -0.4 is 0 Å². The Morgan fingerprint density at radius 1 is 1.30 bits per heavy atom. The molecule has 1 fully saturated rings. The van der Waals surface area contributed by atoms with Crippen LogP contribution in [0.2, 0.25) is 0 Å². The Labute approximate surface area is 59.5 Å². The number of sulfone groups is 1. The van der Waals surface area contributed by atoms with Gasteiger partial charge in [-0.15, -0.1) is 0 Å². The molecule has 0 atom stereocenters. The van der Waals surface area contributed by atoms with Gasteiger partial charge in [0.25, 0.3) is 0 Å². The van der Waals surface area contributed by atoms with Crippen molar-refractivity contribution in [2.75, 3.05) is 11.5 Å². The lowest BCUT2D eigenvalue weighted by molar-refractivity contribution is 0.316.